The summed E-state index contributed by atoms with van der Waals surface area (Å²) in [5.41, 5.74) is 5.21. The second-order valence-electron chi connectivity index (χ2n) is 3.26. The molecule has 8 heteroatoms. The molecule has 0 saturated carbocycles. The largest absolute Gasteiger partial charge is 0.461 e. The van der Waals surface area contributed by atoms with Crippen LogP contribution in [-0.2, 0) is 0 Å². The van der Waals surface area contributed by atoms with Crippen LogP contribution in [-0.4, -0.2) is 19.2 Å². The Morgan fingerprint density at radius 2 is 1.78 bits per heavy atom. The molecule has 0 unspecified atom stereocenters. The van der Waals surface area contributed by atoms with E-state index in [4.69, 9.17) is 5.73 Å². The monoisotopic (exact) mass is 291 g/mol. The van der Waals surface area contributed by atoms with Gasteiger partial charge in [-0.3, -0.25) is 0 Å². The molecule has 18 heavy (non-hydrogen) atoms. The number of nitrogens with two attached hydrogens (primary N) is 1. The van der Waals surface area contributed by atoms with E-state index >= 15 is 0 Å². The first-order valence-electron chi connectivity index (χ1n) is 4.64. The lowest BCUT2D eigenvalue weighted by Crippen LogP contribution is -2.34. The molecule has 0 bridgehead atoms. The third kappa shape index (κ3) is 3.99. The number of hydrogen-bond acceptors (Lipinski definition) is 2. The molecule has 1 aromatic rings. The summed E-state index contributed by atoms with van der Waals surface area (Å²) < 4.78 is 65.4. The fourth-order valence-electron chi connectivity index (χ4n) is 1.15. The van der Waals surface area contributed by atoms with Gasteiger partial charge in [0.25, 0.3) is 0 Å². The van der Waals surface area contributed by atoms with Gasteiger partial charge >= 0.3 is 12.5 Å². The van der Waals surface area contributed by atoms with Crippen molar-refractivity contribution in [3.63, 3.8) is 0 Å². The summed E-state index contributed by atoms with van der Waals surface area (Å²) in [6.07, 6.45) is -8.61. The van der Waals surface area contributed by atoms with E-state index in [0.717, 1.165) is 6.07 Å². The minimum atomic E-state index is -4.63. The smallest absolute Gasteiger partial charge is 0.428 e. The van der Waals surface area contributed by atoms with Gasteiger partial charge in [0.1, 0.15) is 12.4 Å². The average Bonchev–Trinajstić information content (AvgIpc) is 2.28. The third-order valence-corrected chi connectivity index (χ3v) is 1.98. The van der Waals surface area contributed by atoms with Crippen LogP contribution in [0.15, 0.2) is 24.3 Å². The van der Waals surface area contributed by atoms with Gasteiger partial charge in [-0.15, -0.1) is 12.4 Å². The standard InChI is InChI=1S/C10H10F5NO.ClH/c11-5-7(16)6-3-1-2-4-8(6)17-10(14,15)9(12)13;/h1-4,7,9H,5,16H2;1H/t7-;/m1./s1. The van der Waals surface area contributed by atoms with E-state index in [-0.39, 0.29) is 18.0 Å². The molecule has 0 fully saturated rings. The summed E-state index contributed by atoms with van der Waals surface area (Å²) in [6.45, 7) is -1.01. The molecule has 0 aliphatic rings. The van der Waals surface area contributed by atoms with Crippen LogP contribution < -0.4 is 10.5 Å². The van der Waals surface area contributed by atoms with E-state index < -0.39 is 31.0 Å². The number of hydrogen-bond donors (Lipinski definition) is 1. The summed E-state index contributed by atoms with van der Waals surface area (Å²) in [5, 5.41) is 0. The van der Waals surface area contributed by atoms with Crippen LogP contribution in [0.3, 0.4) is 0 Å². The zero-order valence-electron chi connectivity index (χ0n) is 8.95. The number of alkyl halides is 5. The molecule has 0 saturated heterocycles. The molecular formula is C10H11ClF5NO. The van der Waals surface area contributed by atoms with Crippen LogP contribution >= 0.6 is 12.4 Å². The van der Waals surface area contributed by atoms with E-state index in [2.05, 4.69) is 4.74 Å². The van der Waals surface area contributed by atoms with Crippen LogP contribution in [0.5, 0.6) is 5.75 Å². The van der Waals surface area contributed by atoms with Gasteiger partial charge in [-0.2, -0.15) is 17.6 Å². The molecule has 2 N–H and O–H groups in total. The molecule has 0 aliphatic heterocycles. The summed E-state index contributed by atoms with van der Waals surface area (Å²) in [4.78, 5) is 0. The van der Waals surface area contributed by atoms with Gasteiger partial charge in [-0.25, -0.2) is 4.39 Å². The highest BCUT2D eigenvalue weighted by molar-refractivity contribution is 5.85. The molecule has 0 radical (unpaired) electrons. The van der Waals surface area contributed by atoms with E-state index in [1.807, 2.05) is 0 Å². The summed E-state index contributed by atoms with van der Waals surface area (Å²) in [7, 11) is 0. The fraction of sp³-hybridized carbons (Fsp3) is 0.400. The summed E-state index contributed by atoms with van der Waals surface area (Å²) in [6, 6.07) is 3.78. The van der Waals surface area contributed by atoms with Gasteiger partial charge in [-0.1, -0.05) is 18.2 Å². The Bertz CT molecular complexity index is 377. The highest BCUT2D eigenvalue weighted by Gasteiger charge is 2.44. The summed E-state index contributed by atoms with van der Waals surface area (Å²) >= 11 is 0. The Kier molecular flexibility index (Phi) is 6.34. The van der Waals surface area contributed by atoms with Crippen molar-refractivity contribution in [1.29, 1.82) is 0 Å². The minimum Gasteiger partial charge on any atom is -0.428 e. The maximum atomic E-state index is 12.7. The molecule has 2 nitrogen and oxygen atoms in total. The predicted molar refractivity (Wildman–Crippen MR) is 58.2 cm³/mol. The molecule has 0 aromatic heterocycles. The number of rotatable bonds is 5. The van der Waals surface area contributed by atoms with Gasteiger partial charge in [0, 0.05) is 5.56 Å². The van der Waals surface area contributed by atoms with E-state index in [0.29, 0.717) is 0 Å². The quantitative estimate of drug-likeness (QED) is 0.845. The van der Waals surface area contributed by atoms with Crippen LogP contribution in [0.1, 0.15) is 11.6 Å². The SMILES string of the molecule is Cl.N[C@H](CF)c1ccccc1OC(F)(F)C(F)F. The summed E-state index contributed by atoms with van der Waals surface area (Å²) in [5.74, 6) is -0.553. The van der Waals surface area contributed by atoms with Gasteiger partial charge in [0.15, 0.2) is 0 Å². The average molecular weight is 292 g/mol. The van der Waals surface area contributed by atoms with Crippen molar-refractivity contribution < 1.29 is 26.7 Å². The number of benzene rings is 1. The molecule has 104 valence electrons. The van der Waals surface area contributed by atoms with E-state index in [1.54, 1.807) is 0 Å². The topological polar surface area (TPSA) is 35.2 Å². The fourth-order valence-corrected chi connectivity index (χ4v) is 1.15. The van der Waals surface area contributed by atoms with Crippen molar-refractivity contribution in [2.75, 3.05) is 6.67 Å². The van der Waals surface area contributed by atoms with Crippen LogP contribution in [0, 0.1) is 0 Å². The van der Waals surface area contributed by atoms with Gasteiger partial charge in [0.05, 0.1) is 6.04 Å². The highest BCUT2D eigenvalue weighted by Crippen LogP contribution is 2.31. The van der Waals surface area contributed by atoms with Crippen LogP contribution in [0.25, 0.3) is 0 Å². The lowest BCUT2D eigenvalue weighted by atomic mass is 10.1. The maximum Gasteiger partial charge on any atom is 0.461 e. The molecule has 0 heterocycles. The van der Waals surface area contributed by atoms with Crippen molar-refractivity contribution in [2.45, 2.75) is 18.6 Å². The van der Waals surface area contributed by atoms with E-state index in [1.165, 1.54) is 18.2 Å². The number of halogens is 6. The van der Waals surface area contributed by atoms with Crippen LogP contribution in [0.4, 0.5) is 22.0 Å². The van der Waals surface area contributed by atoms with Crippen molar-refractivity contribution in [1.82, 2.24) is 0 Å². The van der Waals surface area contributed by atoms with Gasteiger partial charge < -0.3 is 10.5 Å². The predicted octanol–water partition coefficient (Wildman–Crippen LogP) is 3.31. The number of para-hydroxylation sites is 1. The second kappa shape index (κ2) is 6.75. The molecule has 0 amide bonds. The molecule has 0 spiro atoms. The first kappa shape index (κ1) is 16.9. The van der Waals surface area contributed by atoms with Crippen LogP contribution in [0.2, 0.25) is 0 Å². The van der Waals surface area contributed by atoms with Gasteiger partial charge in [-0.05, 0) is 6.07 Å². The second-order valence-corrected chi connectivity index (χ2v) is 3.26. The van der Waals surface area contributed by atoms with Crippen molar-refractivity contribution in [2.24, 2.45) is 5.73 Å². The first-order chi connectivity index (χ1) is 7.88. The molecule has 0 aliphatic carbocycles. The van der Waals surface area contributed by atoms with Gasteiger partial charge in [0.2, 0.25) is 0 Å². The van der Waals surface area contributed by atoms with Crippen molar-refractivity contribution in [3.05, 3.63) is 29.8 Å². The highest BCUT2D eigenvalue weighted by atomic mass is 35.5. The molecule has 1 rings (SSSR count). The molecular weight excluding hydrogens is 281 g/mol. The maximum absolute atomic E-state index is 12.7. The Hall–Kier alpha value is -1.08. The Balaban J connectivity index is 0.00000289. The third-order valence-electron chi connectivity index (χ3n) is 1.98. The normalized spacial score (nSPS) is 13.1. The Morgan fingerprint density at radius 3 is 2.28 bits per heavy atom. The lowest BCUT2D eigenvalue weighted by molar-refractivity contribution is -0.253. The number of ether oxygens (including phenoxy) is 1. The molecule has 1 aromatic carbocycles. The Morgan fingerprint density at radius 1 is 1.22 bits per heavy atom. The van der Waals surface area contributed by atoms with Crippen molar-refractivity contribution >= 4 is 12.4 Å². The zero-order valence-corrected chi connectivity index (χ0v) is 9.77. The Labute approximate surface area is 106 Å². The first-order valence-corrected chi connectivity index (χ1v) is 4.64. The molecule has 1 atom stereocenters. The zero-order chi connectivity index (χ0) is 13.1. The van der Waals surface area contributed by atoms with E-state index in [9.17, 15) is 22.0 Å². The lowest BCUT2D eigenvalue weighted by Gasteiger charge is -2.20. The minimum absolute atomic E-state index is 0. The van der Waals surface area contributed by atoms with Crippen molar-refractivity contribution in [3.8, 4) is 5.75 Å².